The van der Waals surface area contributed by atoms with Crippen molar-refractivity contribution in [3.63, 3.8) is 0 Å². The van der Waals surface area contributed by atoms with Gasteiger partial charge in [-0.2, -0.15) is 0 Å². The van der Waals surface area contributed by atoms with Crippen LogP contribution in [0.3, 0.4) is 0 Å². The molecular formula is C12H16O. The van der Waals surface area contributed by atoms with E-state index < -0.39 is 0 Å². The van der Waals surface area contributed by atoms with Crippen molar-refractivity contribution in [1.82, 2.24) is 0 Å². The molecule has 0 amide bonds. The zero-order valence-electron chi connectivity index (χ0n) is 8.29. The molecule has 2 rings (SSSR count). The number of benzene rings is 1. The first-order valence-corrected chi connectivity index (χ1v) is 4.84. The molecule has 0 aliphatic carbocycles. The van der Waals surface area contributed by atoms with E-state index >= 15 is 0 Å². The zero-order valence-corrected chi connectivity index (χ0v) is 8.29. The van der Waals surface area contributed by atoms with Gasteiger partial charge in [0.15, 0.2) is 0 Å². The number of epoxide rings is 1. The standard InChI is InChI=1S/C12H16O/c1-12(2,11-9-13-11)8-10-6-4-3-5-7-10/h3-7,11H,8-9H2,1-2H3. The first-order chi connectivity index (χ1) is 6.18. The maximum Gasteiger partial charge on any atom is 0.0863 e. The lowest BCUT2D eigenvalue weighted by molar-refractivity contribution is 0.241. The Kier molecular flexibility index (Phi) is 2.12. The van der Waals surface area contributed by atoms with Gasteiger partial charge < -0.3 is 4.74 Å². The molecule has 0 spiro atoms. The molecule has 13 heavy (non-hydrogen) atoms. The Hall–Kier alpha value is -0.820. The summed E-state index contributed by atoms with van der Waals surface area (Å²) in [6, 6.07) is 10.6. The van der Waals surface area contributed by atoms with Crippen LogP contribution in [0.15, 0.2) is 30.3 Å². The van der Waals surface area contributed by atoms with Gasteiger partial charge in [0.25, 0.3) is 0 Å². The molecular weight excluding hydrogens is 160 g/mol. The summed E-state index contributed by atoms with van der Waals surface area (Å²) < 4.78 is 5.35. The van der Waals surface area contributed by atoms with Gasteiger partial charge in [0.1, 0.15) is 0 Å². The second-order valence-electron chi connectivity index (χ2n) is 4.47. The molecule has 1 fully saturated rings. The Morgan fingerprint density at radius 2 is 1.92 bits per heavy atom. The van der Waals surface area contributed by atoms with Crippen LogP contribution < -0.4 is 0 Å². The van der Waals surface area contributed by atoms with Crippen LogP contribution in [-0.2, 0) is 11.2 Å². The van der Waals surface area contributed by atoms with Crippen molar-refractivity contribution in [2.75, 3.05) is 6.61 Å². The van der Waals surface area contributed by atoms with E-state index in [4.69, 9.17) is 4.74 Å². The molecule has 0 bridgehead atoms. The third kappa shape index (κ3) is 2.10. The lowest BCUT2D eigenvalue weighted by Crippen LogP contribution is -2.22. The Morgan fingerprint density at radius 3 is 2.46 bits per heavy atom. The van der Waals surface area contributed by atoms with Gasteiger partial charge in [-0.15, -0.1) is 0 Å². The van der Waals surface area contributed by atoms with Gasteiger partial charge in [-0.25, -0.2) is 0 Å². The van der Waals surface area contributed by atoms with Crippen LogP contribution in [0.2, 0.25) is 0 Å². The second kappa shape index (κ2) is 3.15. The van der Waals surface area contributed by atoms with Gasteiger partial charge in [-0.1, -0.05) is 44.2 Å². The van der Waals surface area contributed by atoms with E-state index in [1.165, 1.54) is 5.56 Å². The largest absolute Gasteiger partial charge is 0.373 e. The van der Waals surface area contributed by atoms with E-state index in [1.807, 2.05) is 0 Å². The minimum Gasteiger partial charge on any atom is -0.373 e. The molecule has 1 unspecified atom stereocenters. The average molecular weight is 176 g/mol. The highest BCUT2D eigenvalue weighted by molar-refractivity contribution is 5.17. The van der Waals surface area contributed by atoms with Crippen molar-refractivity contribution in [1.29, 1.82) is 0 Å². The van der Waals surface area contributed by atoms with Crippen molar-refractivity contribution < 1.29 is 4.74 Å². The molecule has 1 aromatic carbocycles. The molecule has 1 nitrogen and oxygen atoms in total. The Bertz CT molecular complexity index is 272. The highest BCUT2D eigenvalue weighted by Crippen LogP contribution is 2.35. The molecule has 0 aromatic heterocycles. The number of hydrogen-bond acceptors (Lipinski definition) is 1. The lowest BCUT2D eigenvalue weighted by Gasteiger charge is -2.21. The quantitative estimate of drug-likeness (QED) is 0.645. The molecule has 1 saturated heterocycles. The average Bonchev–Trinajstić information content (AvgIpc) is 2.87. The van der Waals surface area contributed by atoms with Crippen molar-refractivity contribution in [2.24, 2.45) is 5.41 Å². The number of rotatable bonds is 3. The van der Waals surface area contributed by atoms with Crippen LogP contribution in [0.4, 0.5) is 0 Å². The van der Waals surface area contributed by atoms with Crippen LogP contribution in [0.5, 0.6) is 0 Å². The lowest BCUT2D eigenvalue weighted by atomic mass is 9.83. The molecule has 1 aliphatic rings. The van der Waals surface area contributed by atoms with Gasteiger partial charge >= 0.3 is 0 Å². The highest BCUT2D eigenvalue weighted by Gasteiger charge is 2.39. The molecule has 0 radical (unpaired) electrons. The van der Waals surface area contributed by atoms with Crippen LogP contribution in [0, 0.1) is 5.41 Å². The Labute approximate surface area is 79.7 Å². The molecule has 1 heterocycles. The van der Waals surface area contributed by atoms with Crippen LogP contribution in [0.25, 0.3) is 0 Å². The van der Waals surface area contributed by atoms with Crippen molar-refractivity contribution in [3.05, 3.63) is 35.9 Å². The minimum atomic E-state index is 0.293. The summed E-state index contributed by atoms with van der Waals surface area (Å²) >= 11 is 0. The summed E-state index contributed by atoms with van der Waals surface area (Å²) in [5, 5.41) is 0. The molecule has 70 valence electrons. The summed E-state index contributed by atoms with van der Waals surface area (Å²) in [6.45, 7) is 5.50. The fourth-order valence-electron chi connectivity index (χ4n) is 1.74. The topological polar surface area (TPSA) is 12.5 Å². The maximum atomic E-state index is 5.35. The van der Waals surface area contributed by atoms with Crippen molar-refractivity contribution >= 4 is 0 Å². The monoisotopic (exact) mass is 176 g/mol. The smallest absolute Gasteiger partial charge is 0.0863 e. The highest BCUT2D eigenvalue weighted by atomic mass is 16.6. The third-order valence-corrected chi connectivity index (χ3v) is 2.71. The number of hydrogen-bond donors (Lipinski definition) is 0. The molecule has 1 aromatic rings. The van der Waals surface area contributed by atoms with Gasteiger partial charge in [-0.05, 0) is 17.4 Å². The molecule has 1 aliphatic heterocycles. The minimum absolute atomic E-state index is 0.293. The summed E-state index contributed by atoms with van der Waals surface area (Å²) in [5.74, 6) is 0. The predicted molar refractivity (Wildman–Crippen MR) is 53.7 cm³/mol. The van der Waals surface area contributed by atoms with Gasteiger partial charge in [0, 0.05) is 0 Å². The molecule has 0 saturated carbocycles. The zero-order chi connectivity index (χ0) is 9.31. The molecule has 1 atom stereocenters. The Balaban J connectivity index is 2.04. The maximum absolute atomic E-state index is 5.35. The third-order valence-electron chi connectivity index (χ3n) is 2.71. The van der Waals surface area contributed by atoms with Gasteiger partial charge in [-0.3, -0.25) is 0 Å². The van der Waals surface area contributed by atoms with Crippen LogP contribution in [-0.4, -0.2) is 12.7 Å². The van der Waals surface area contributed by atoms with E-state index in [1.54, 1.807) is 0 Å². The van der Waals surface area contributed by atoms with Gasteiger partial charge in [0.05, 0.1) is 12.7 Å². The fourth-order valence-corrected chi connectivity index (χ4v) is 1.74. The van der Waals surface area contributed by atoms with Gasteiger partial charge in [0.2, 0.25) is 0 Å². The first-order valence-electron chi connectivity index (χ1n) is 4.84. The fraction of sp³-hybridized carbons (Fsp3) is 0.500. The summed E-state index contributed by atoms with van der Waals surface area (Å²) in [7, 11) is 0. The van der Waals surface area contributed by atoms with E-state index in [-0.39, 0.29) is 0 Å². The first kappa shape index (κ1) is 8.76. The van der Waals surface area contributed by atoms with E-state index in [0.717, 1.165) is 13.0 Å². The van der Waals surface area contributed by atoms with Crippen molar-refractivity contribution in [2.45, 2.75) is 26.4 Å². The summed E-state index contributed by atoms with van der Waals surface area (Å²) in [4.78, 5) is 0. The van der Waals surface area contributed by atoms with Crippen LogP contribution in [0.1, 0.15) is 19.4 Å². The SMILES string of the molecule is CC(C)(Cc1ccccc1)C1CO1. The summed E-state index contributed by atoms with van der Waals surface area (Å²) in [5.41, 5.74) is 1.70. The van der Waals surface area contributed by atoms with Crippen LogP contribution >= 0.6 is 0 Å². The summed E-state index contributed by atoms with van der Waals surface area (Å²) in [6.07, 6.45) is 1.59. The van der Waals surface area contributed by atoms with Crippen molar-refractivity contribution in [3.8, 4) is 0 Å². The van der Waals surface area contributed by atoms with E-state index in [2.05, 4.69) is 44.2 Å². The Morgan fingerprint density at radius 1 is 1.31 bits per heavy atom. The number of ether oxygens (including phenoxy) is 1. The normalized spacial score (nSPS) is 21.5. The predicted octanol–water partition coefficient (Wildman–Crippen LogP) is 2.65. The van der Waals surface area contributed by atoms with E-state index in [9.17, 15) is 0 Å². The molecule has 1 heteroatoms. The van der Waals surface area contributed by atoms with E-state index in [0.29, 0.717) is 11.5 Å². The molecule has 0 N–H and O–H groups in total. The second-order valence-corrected chi connectivity index (χ2v) is 4.47.